The molecule has 2 rings (SSSR count). The number of carbonyl (C=O) groups excluding carboxylic acids is 1. The lowest BCUT2D eigenvalue weighted by atomic mass is 10.1. The molecule has 1 N–H and O–H groups in total. The maximum absolute atomic E-state index is 11.6. The molecule has 0 atom stereocenters. The van der Waals surface area contributed by atoms with Crippen molar-refractivity contribution in [2.75, 3.05) is 12.3 Å². The molecule has 0 aliphatic heterocycles. The number of nitrogens with zero attached hydrogens (tertiary/aromatic N) is 1. The van der Waals surface area contributed by atoms with Crippen LogP contribution in [-0.4, -0.2) is 18.4 Å². The second-order valence-corrected chi connectivity index (χ2v) is 5.92. The third-order valence-corrected chi connectivity index (χ3v) is 4.13. The van der Waals surface area contributed by atoms with Gasteiger partial charge in [-0.2, -0.15) is 17.0 Å². The van der Waals surface area contributed by atoms with Crippen LogP contribution in [0.1, 0.15) is 16.7 Å². The second-order valence-electron chi connectivity index (χ2n) is 4.81. The van der Waals surface area contributed by atoms with E-state index in [0.29, 0.717) is 12.1 Å². The molecular weight excluding hydrogens is 308 g/mol. The van der Waals surface area contributed by atoms with Crippen molar-refractivity contribution in [3.05, 3.63) is 71.3 Å². The largest absolute Gasteiger partial charge is 0.445 e. The molecule has 5 heteroatoms. The zero-order chi connectivity index (χ0) is 16.3. The van der Waals surface area contributed by atoms with Gasteiger partial charge in [-0.05, 0) is 17.2 Å². The van der Waals surface area contributed by atoms with Crippen LogP contribution in [-0.2, 0) is 17.1 Å². The number of alkyl carbamates (subject to hydrolysis) is 1. The molecule has 2 aromatic carbocycles. The highest BCUT2D eigenvalue weighted by atomic mass is 32.2. The highest BCUT2D eigenvalue weighted by Gasteiger charge is 2.03. The number of hydrogen-bond acceptors (Lipinski definition) is 4. The Hall–Kier alpha value is -2.45. The first-order chi connectivity index (χ1) is 11.3. The second kappa shape index (κ2) is 9.54. The SMILES string of the molecule is N#Cc1ccccc1CSCCNC(=O)OCc1ccccc1. The molecule has 0 heterocycles. The zero-order valence-corrected chi connectivity index (χ0v) is 13.5. The van der Waals surface area contributed by atoms with E-state index in [1.807, 2.05) is 54.6 Å². The van der Waals surface area contributed by atoms with Gasteiger partial charge in [-0.25, -0.2) is 4.79 Å². The number of ether oxygens (including phenoxy) is 1. The van der Waals surface area contributed by atoms with E-state index in [9.17, 15) is 4.79 Å². The van der Waals surface area contributed by atoms with Crippen LogP contribution in [0.25, 0.3) is 0 Å². The quantitative estimate of drug-likeness (QED) is 0.788. The minimum absolute atomic E-state index is 0.273. The Morgan fingerprint density at radius 1 is 1.13 bits per heavy atom. The van der Waals surface area contributed by atoms with Gasteiger partial charge < -0.3 is 10.1 Å². The Morgan fingerprint density at radius 3 is 2.65 bits per heavy atom. The number of rotatable bonds is 7. The molecule has 0 radical (unpaired) electrons. The molecule has 0 unspecified atom stereocenters. The average Bonchev–Trinajstić information content (AvgIpc) is 2.61. The molecule has 0 aromatic heterocycles. The summed E-state index contributed by atoms with van der Waals surface area (Å²) < 4.78 is 5.13. The van der Waals surface area contributed by atoms with Crippen LogP contribution in [0.5, 0.6) is 0 Å². The number of nitrogens with one attached hydrogen (secondary N) is 1. The Morgan fingerprint density at radius 2 is 1.87 bits per heavy atom. The van der Waals surface area contributed by atoms with Crippen molar-refractivity contribution in [2.45, 2.75) is 12.4 Å². The van der Waals surface area contributed by atoms with E-state index in [0.717, 1.165) is 22.6 Å². The monoisotopic (exact) mass is 326 g/mol. The summed E-state index contributed by atoms with van der Waals surface area (Å²) in [5.41, 5.74) is 2.69. The third-order valence-electron chi connectivity index (χ3n) is 3.12. The summed E-state index contributed by atoms with van der Waals surface area (Å²) in [6.45, 7) is 0.808. The maximum atomic E-state index is 11.6. The number of thioether (sulfide) groups is 1. The molecule has 0 aliphatic carbocycles. The number of carbonyl (C=O) groups is 1. The van der Waals surface area contributed by atoms with Gasteiger partial charge in [0.15, 0.2) is 0 Å². The smallest absolute Gasteiger partial charge is 0.407 e. The fourth-order valence-corrected chi connectivity index (χ4v) is 2.80. The van der Waals surface area contributed by atoms with Gasteiger partial charge in [0.1, 0.15) is 6.61 Å². The van der Waals surface area contributed by atoms with Gasteiger partial charge in [0, 0.05) is 18.1 Å². The highest BCUT2D eigenvalue weighted by Crippen LogP contribution is 2.15. The minimum atomic E-state index is -0.410. The number of nitriles is 1. The topological polar surface area (TPSA) is 62.1 Å². The molecule has 2 aromatic rings. The lowest BCUT2D eigenvalue weighted by Crippen LogP contribution is -2.26. The van der Waals surface area contributed by atoms with Crippen molar-refractivity contribution in [3.63, 3.8) is 0 Å². The van der Waals surface area contributed by atoms with Crippen LogP contribution in [0.3, 0.4) is 0 Å². The van der Waals surface area contributed by atoms with Gasteiger partial charge in [0.25, 0.3) is 0 Å². The summed E-state index contributed by atoms with van der Waals surface area (Å²) in [4.78, 5) is 11.6. The number of amides is 1. The van der Waals surface area contributed by atoms with Crippen molar-refractivity contribution in [3.8, 4) is 6.07 Å². The van der Waals surface area contributed by atoms with Crippen LogP contribution < -0.4 is 5.32 Å². The van der Waals surface area contributed by atoms with Gasteiger partial charge in [-0.3, -0.25) is 0 Å². The Bertz CT molecular complexity index is 668. The van der Waals surface area contributed by atoms with Gasteiger partial charge in [-0.1, -0.05) is 48.5 Å². The summed E-state index contributed by atoms with van der Waals surface area (Å²) >= 11 is 1.67. The summed E-state index contributed by atoms with van der Waals surface area (Å²) in [5, 5.41) is 11.7. The van der Waals surface area contributed by atoms with E-state index >= 15 is 0 Å². The molecule has 0 aliphatic rings. The predicted octanol–water partition coefficient (Wildman–Crippen LogP) is 3.72. The molecule has 118 valence electrons. The van der Waals surface area contributed by atoms with Gasteiger partial charge in [0.05, 0.1) is 11.6 Å². The molecule has 0 saturated carbocycles. The summed E-state index contributed by atoms with van der Waals surface area (Å²) in [7, 11) is 0. The van der Waals surface area contributed by atoms with Crippen LogP contribution in [0.2, 0.25) is 0 Å². The van der Waals surface area contributed by atoms with E-state index in [-0.39, 0.29) is 6.61 Å². The number of hydrogen-bond donors (Lipinski definition) is 1. The Balaban J connectivity index is 1.60. The van der Waals surface area contributed by atoms with Crippen molar-refractivity contribution in [2.24, 2.45) is 0 Å². The standard InChI is InChI=1S/C18H18N2O2S/c19-12-16-8-4-5-9-17(16)14-23-11-10-20-18(21)22-13-15-6-2-1-3-7-15/h1-9H,10-11,13-14H2,(H,20,21). The summed E-state index contributed by atoms with van der Waals surface area (Å²) in [5.74, 6) is 1.52. The average molecular weight is 326 g/mol. The molecule has 0 saturated heterocycles. The first kappa shape index (κ1) is 16.9. The normalized spacial score (nSPS) is 9.87. The van der Waals surface area contributed by atoms with Crippen LogP contribution >= 0.6 is 11.8 Å². The van der Waals surface area contributed by atoms with Gasteiger partial charge >= 0.3 is 6.09 Å². The summed E-state index contributed by atoms with van der Waals surface area (Å²) in [6, 6.07) is 19.3. The van der Waals surface area contributed by atoms with Gasteiger partial charge in [0.2, 0.25) is 0 Å². The Kier molecular flexibility index (Phi) is 7.02. The zero-order valence-electron chi connectivity index (χ0n) is 12.7. The fourth-order valence-electron chi connectivity index (χ4n) is 1.94. The predicted molar refractivity (Wildman–Crippen MR) is 91.9 cm³/mol. The van der Waals surface area contributed by atoms with E-state index < -0.39 is 6.09 Å². The Labute approximate surface area is 140 Å². The molecular formula is C18H18N2O2S. The molecule has 23 heavy (non-hydrogen) atoms. The minimum Gasteiger partial charge on any atom is -0.445 e. The van der Waals surface area contributed by atoms with Crippen LogP contribution in [0.4, 0.5) is 4.79 Å². The lowest BCUT2D eigenvalue weighted by molar-refractivity contribution is 0.140. The van der Waals surface area contributed by atoms with Crippen molar-refractivity contribution < 1.29 is 9.53 Å². The maximum Gasteiger partial charge on any atom is 0.407 e. The molecule has 1 amide bonds. The lowest BCUT2D eigenvalue weighted by Gasteiger charge is -2.07. The fraction of sp³-hybridized carbons (Fsp3) is 0.222. The van der Waals surface area contributed by atoms with Gasteiger partial charge in [-0.15, -0.1) is 0 Å². The first-order valence-corrected chi connectivity index (χ1v) is 8.45. The van der Waals surface area contributed by atoms with E-state index in [2.05, 4.69) is 11.4 Å². The van der Waals surface area contributed by atoms with Crippen LogP contribution in [0, 0.1) is 11.3 Å². The number of benzene rings is 2. The van der Waals surface area contributed by atoms with Crippen molar-refractivity contribution in [1.29, 1.82) is 5.26 Å². The summed E-state index contributed by atoms with van der Waals surface area (Å²) in [6.07, 6.45) is -0.410. The van der Waals surface area contributed by atoms with Crippen LogP contribution in [0.15, 0.2) is 54.6 Å². The van der Waals surface area contributed by atoms with E-state index in [1.54, 1.807) is 11.8 Å². The van der Waals surface area contributed by atoms with E-state index in [1.165, 1.54) is 0 Å². The molecule has 0 fully saturated rings. The molecule has 4 nitrogen and oxygen atoms in total. The molecule has 0 spiro atoms. The first-order valence-electron chi connectivity index (χ1n) is 7.30. The van der Waals surface area contributed by atoms with E-state index in [4.69, 9.17) is 10.00 Å². The van der Waals surface area contributed by atoms with Crippen molar-refractivity contribution >= 4 is 17.9 Å². The third kappa shape index (κ3) is 6.05. The molecule has 0 bridgehead atoms. The highest BCUT2D eigenvalue weighted by molar-refractivity contribution is 7.98. The van der Waals surface area contributed by atoms with Crippen molar-refractivity contribution in [1.82, 2.24) is 5.32 Å².